The Bertz CT molecular complexity index is 615. The predicted molar refractivity (Wildman–Crippen MR) is 100 cm³/mol. The van der Waals surface area contributed by atoms with Gasteiger partial charge in [-0.25, -0.2) is 8.42 Å². The van der Waals surface area contributed by atoms with Crippen LogP contribution in [0.2, 0.25) is 0 Å². The van der Waals surface area contributed by atoms with Gasteiger partial charge in [-0.05, 0) is 39.5 Å². The SMILES string of the molecule is CCN(NC(=O)CS(=O)(=O)NN(CC)C(=S)C1CC1)C(=S)C1CC1. The molecule has 0 radical (unpaired) electrons. The predicted octanol–water partition coefficient (Wildman–Crippen LogP) is 0.971. The van der Waals surface area contributed by atoms with Gasteiger partial charge in [-0.2, -0.15) is 0 Å². The molecule has 24 heavy (non-hydrogen) atoms. The van der Waals surface area contributed by atoms with Gasteiger partial charge >= 0.3 is 0 Å². The summed E-state index contributed by atoms with van der Waals surface area (Å²) in [6.45, 7) is 4.59. The second-order valence-electron chi connectivity index (χ2n) is 6.10. The first kappa shape index (κ1) is 19.5. The normalized spacial score (nSPS) is 17.2. The number of thiocarbonyl (C=S) groups is 2. The van der Waals surface area contributed by atoms with Crippen LogP contribution in [0.4, 0.5) is 0 Å². The third-order valence-electron chi connectivity index (χ3n) is 3.85. The minimum absolute atomic E-state index is 0.267. The molecule has 0 aromatic rings. The summed E-state index contributed by atoms with van der Waals surface area (Å²) in [5, 5.41) is 2.99. The van der Waals surface area contributed by atoms with E-state index < -0.39 is 21.7 Å². The fraction of sp³-hybridized carbons (Fsp3) is 0.786. The number of hydrazine groups is 2. The summed E-state index contributed by atoms with van der Waals surface area (Å²) in [4.78, 5) is 15.7. The minimum atomic E-state index is -3.82. The summed E-state index contributed by atoms with van der Waals surface area (Å²) in [6.07, 6.45) is 4.02. The van der Waals surface area contributed by atoms with Gasteiger partial charge in [-0.15, -0.1) is 4.83 Å². The lowest BCUT2D eigenvalue weighted by Gasteiger charge is -2.26. The van der Waals surface area contributed by atoms with Gasteiger partial charge in [0.1, 0.15) is 10.7 Å². The highest BCUT2D eigenvalue weighted by molar-refractivity contribution is 7.90. The fourth-order valence-electron chi connectivity index (χ4n) is 2.21. The van der Waals surface area contributed by atoms with Crippen molar-refractivity contribution in [3.05, 3.63) is 0 Å². The molecule has 0 saturated heterocycles. The van der Waals surface area contributed by atoms with Gasteiger partial charge in [-0.1, -0.05) is 24.4 Å². The molecule has 0 spiro atoms. The van der Waals surface area contributed by atoms with Crippen molar-refractivity contribution >= 4 is 50.3 Å². The Morgan fingerprint density at radius 1 is 1.00 bits per heavy atom. The maximum absolute atomic E-state index is 12.2. The number of hydrogen-bond donors (Lipinski definition) is 2. The number of nitrogens with one attached hydrogen (secondary N) is 2. The molecular formula is C14H24N4O3S3. The van der Waals surface area contributed by atoms with Crippen molar-refractivity contribution in [1.82, 2.24) is 20.3 Å². The maximum atomic E-state index is 12.2. The van der Waals surface area contributed by atoms with Crippen LogP contribution in [-0.2, 0) is 14.8 Å². The van der Waals surface area contributed by atoms with Crippen molar-refractivity contribution in [2.75, 3.05) is 18.8 Å². The van der Waals surface area contributed by atoms with Gasteiger partial charge in [0.15, 0.2) is 0 Å². The number of rotatable bonds is 8. The van der Waals surface area contributed by atoms with Crippen LogP contribution in [0.25, 0.3) is 0 Å². The van der Waals surface area contributed by atoms with E-state index in [4.69, 9.17) is 24.4 Å². The summed E-state index contributed by atoms with van der Waals surface area (Å²) in [6, 6.07) is 0. The molecule has 2 rings (SSSR count). The third kappa shape index (κ3) is 5.61. The lowest BCUT2D eigenvalue weighted by atomic mass is 10.4. The zero-order chi connectivity index (χ0) is 17.9. The molecule has 136 valence electrons. The summed E-state index contributed by atoms with van der Waals surface area (Å²) >= 11 is 10.6. The molecule has 2 fully saturated rings. The van der Waals surface area contributed by atoms with Crippen molar-refractivity contribution < 1.29 is 13.2 Å². The van der Waals surface area contributed by atoms with E-state index in [9.17, 15) is 13.2 Å². The van der Waals surface area contributed by atoms with Crippen molar-refractivity contribution in [3.63, 3.8) is 0 Å². The van der Waals surface area contributed by atoms with Gasteiger partial charge in [0, 0.05) is 24.9 Å². The number of sulfonamides is 1. The Labute approximate surface area is 154 Å². The standard InChI is InChI=1S/C14H24N4O3S3/c1-3-17(13(22)10-5-6-10)15-12(19)9-24(20,21)16-18(4-2)14(23)11-7-8-11/h10-11,16H,3-9H2,1-2H3,(H,15,19). The van der Waals surface area contributed by atoms with E-state index >= 15 is 0 Å². The first-order valence-electron chi connectivity index (χ1n) is 8.19. The smallest absolute Gasteiger partial charge is 0.255 e. The van der Waals surface area contributed by atoms with E-state index in [1.807, 2.05) is 13.8 Å². The van der Waals surface area contributed by atoms with Gasteiger partial charge in [-0.3, -0.25) is 20.2 Å². The van der Waals surface area contributed by atoms with Crippen molar-refractivity contribution in [2.45, 2.75) is 39.5 Å². The highest BCUT2D eigenvalue weighted by atomic mass is 32.2. The highest BCUT2D eigenvalue weighted by Gasteiger charge is 2.33. The Balaban J connectivity index is 1.88. The molecule has 2 N–H and O–H groups in total. The summed E-state index contributed by atoms with van der Waals surface area (Å²) in [5.41, 5.74) is 2.58. The van der Waals surface area contributed by atoms with Crippen molar-refractivity contribution in [2.24, 2.45) is 11.8 Å². The van der Waals surface area contributed by atoms with E-state index in [1.54, 1.807) is 5.01 Å². The Hall–Kier alpha value is -0.840. The number of carbonyl (C=O) groups is 1. The van der Waals surface area contributed by atoms with Crippen LogP contribution >= 0.6 is 24.4 Å². The molecule has 7 nitrogen and oxygen atoms in total. The van der Waals surface area contributed by atoms with Crippen molar-refractivity contribution in [1.29, 1.82) is 0 Å². The van der Waals surface area contributed by atoms with Gasteiger partial charge in [0.25, 0.3) is 5.91 Å². The first-order valence-corrected chi connectivity index (χ1v) is 10.7. The zero-order valence-electron chi connectivity index (χ0n) is 13.9. The molecular weight excluding hydrogens is 368 g/mol. The number of amides is 1. The second kappa shape index (κ2) is 8.03. The Kier molecular flexibility index (Phi) is 6.52. The summed E-state index contributed by atoms with van der Waals surface area (Å²) in [5.74, 6) is -0.689. The van der Waals surface area contributed by atoms with Gasteiger partial charge in [0.05, 0.1) is 4.99 Å². The number of nitrogens with zero attached hydrogens (tertiary/aromatic N) is 2. The molecule has 1 amide bonds. The van der Waals surface area contributed by atoms with Crippen LogP contribution in [0.1, 0.15) is 39.5 Å². The average molecular weight is 393 g/mol. The lowest BCUT2D eigenvalue weighted by molar-refractivity contribution is -0.121. The van der Waals surface area contributed by atoms with Crippen molar-refractivity contribution in [3.8, 4) is 0 Å². The molecule has 2 aliphatic rings. The van der Waals surface area contributed by atoms with E-state index in [0.717, 1.165) is 25.7 Å². The van der Waals surface area contributed by atoms with E-state index in [0.29, 0.717) is 29.0 Å². The molecule has 10 heteroatoms. The number of hydrogen-bond acceptors (Lipinski definition) is 5. The third-order valence-corrected chi connectivity index (χ3v) is 6.10. The minimum Gasteiger partial charge on any atom is -0.288 e. The molecule has 2 aliphatic carbocycles. The molecule has 0 aromatic heterocycles. The van der Waals surface area contributed by atoms with Gasteiger partial charge < -0.3 is 0 Å². The van der Waals surface area contributed by atoms with Crippen LogP contribution in [0.3, 0.4) is 0 Å². The average Bonchev–Trinajstić information content (AvgIpc) is 3.40. The maximum Gasteiger partial charge on any atom is 0.255 e. The molecule has 0 atom stereocenters. The molecule has 0 unspecified atom stereocenters. The number of carbonyl (C=O) groups excluding carboxylic acids is 1. The quantitative estimate of drug-likeness (QED) is 0.470. The van der Waals surface area contributed by atoms with E-state index in [2.05, 4.69) is 10.3 Å². The lowest BCUT2D eigenvalue weighted by Crippen LogP contribution is -2.51. The van der Waals surface area contributed by atoms with Crippen LogP contribution in [0.5, 0.6) is 0 Å². The topological polar surface area (TPSA) is 81.8 Å². The molecule has 0 bridgehead atoms. The first-order chi connectivity index (χ1) is 11.3. The summed E-state index contributed by atoms with van der Waals surface area (Å²) < 4.78 is 24.4. The molecule has 0 heterocycles. The second-order valence-corrected chi connectivity index (χ2v) is 8.64. The molecule has 2 saturated carbocycles. The highest BCUT2D eigenvalue weighted by Crippen LogP contribution is 2.32. The van der Waals surface area contributed by atoms with Crippen LogP contribution in [-0.4, -0.2) is 53.2 Å². The van der Waals surface area contributed by atoms with Crippen LogP contribution in [0.15, 0.2) is 0 Å². The van der Waals surface area contributed by atoms with Crippen LogP contribution in [0, 0.1) is 11.8 Å². The zero-order valence-corrected chi connectivity index (χ0v) is 16.4. The Morgan fingerprint density at radius 2 is 1.46 bits per heavy atom. The monoisotopic (exact) mass is 392 g/mol. The van der Waals surface area contributed by atoms with E-state index in [-0.39, 0.29) is 5.92 Å². The van der Waals surface area contributed by atoms with Crippen LogP contribution < -0.4 is 10.3 Å². The van der Waals surface area contributed by atoms with E-state index in [1.165, 1.54) is 5.01 Å². The summed E-state index contributed by atoms with van der Waals surface area (Å²) in [7, 11) is -3.82. The Morgan fingerprint density at radius 3 is 1.88 bits per heavy atom. The molecule has 0 aromatic carbocycles. The fourth-order valence-corrected chi connectivity index (χ4v) is 4.13. The van der Waals surface area contributed by atoms with Gasteiger partial charge in [0.2, 0.25) is 10.0 Å². The largest absolute Gasteiger partial charge is 0.288 e. The molecule has 0 aliphatic heterocycles.